The minimum Gasteiger partial charge on any atom is -0.378 e. The van der Waals surface area contributed by atoms with Gasteiger partial charge >= 0.3 is 0 Å². The Bertz CT molecular complexity index is 852. The average Bonchev–Trinajstić information content (AvgIpc) is 3.06. The molecule has 3 heterocycles. The van der Waals surface area contributed by atoms with E-state index in [-0.39, 0.29) is 0 Å². The molecule has 6 nitrogen and oxygen atoms in total. The highest BCUT2D eigenvalue weighted by Gasteiger charge is 2.12. The number of nitrogens with one attached hydrogen (secondary N) is 1. The first-order chi connectivity index (χ1) is 12.8. The number of morpholine rings is 1. The van der Waals surface area contributed by atoms with E-state index in [1.807, 2.05) is 12.3 Å². The highest BCUT2D eigenvalue weighted by Crippen LogP contribution is 2.16. The summed E-state index contributed by atoms with van der Waals surface area (Å²) in [7, 11) is 0. The van der Waals surface area contributed by atoms with Gasteiger partial charge in [0.25, 0.3) is 0 Å². The molecule has 0 aliphatic carbocycles. The fraction of sp³-hybridized carbons (Fsp3) is 0.400. The largest absolute Gasteiger partial charge is 0.378 e. The molecule has 1 aliphatic rings. The standard InChI is InChI=1S/C20H25N5O/c1-2-25-18-6-4-3-5-17(18)23-20(25)15-21-13-16-7-8-19(22-14-16)24-9-11-26-12-10-24/h3-8,14,21H,2,9-13,15H2,1H3. The number of anilines is 1. The molecule has 26 heavy (non-hydrogen) atoms. The minimum absolute atomic E-state index is 0.744. The van der Waals surface area contributed by atoms with Gasteiger partial charge in [0.05, 0.1) is 30.8 Å². The van der Waals surface area contributed by atoms with Gasteiger partial charge in [0.15, 0.2) is 0 Å². The van der Waals surface area contributed by atoms with Crippen LogP contribution in [-0.2, 0) is 24.4 Å². The van der Waals surface area contributed by atoms with E-state index in [1.54, 1.807) is 0 Å². The molecule has 6 heteroatoms. The zero-order valence-corrected chi connectivity index (χ0v) is 15.2. The van der Waals surface area contributed by atoms with Gasteiger partial charge in [0.2, 0.25) is 0 Å². The second kappa shape index (κ2) is 7.85. The molecule has 2 aromatic heterocycles. The van der Waals surface area contributed by atoms with E-state index in [4.69, 9.17) is 9.72 Å². The first-order valence-electron chi connectivity index (χ1n) is 9.27. The van der Waals surface area contributed by atoms with Crippen molar-refractivity contribution in [2.75, 3.05) is 31.2 Å². The van der Waals surface area contributed by atoms with E-state index < -0.39 is 0 Å². The van der Waals surface area contributed by atoms with Crippen molar-refractivity contribution < 1.29 is 4.74 Å². The fourth-order valence-electron chi connectivity index (χ4n) is 3.43. The highest BCUT2D eigenvalue weighted by atomic mass is 16.5. The van der Waals surface area contributed by atoms with E-state index in [1.165, 1.54) is 11.1 Å². The zero-order chi connectivity index (χ0) is 17.8. The second-order valence-corrected chi connectivity index (χ2v) is 6.49. The number of rotatable bonds is 6. The number of hydrogen-bond donors (Lipinski definition) is 1. The van der Waals surface area contributed by atoms with Gasteiger partial charge in [-0.15, -0.1) is 0 Å². The minimum atomic E-state index is 0.744. The Morgan fingerprint density at radius 2 is 1.92 bits per heavy atom. The van der Waals surface area contributed by atoms with Gasteiger partial charge in [-0.2, -0.15) is 0 Å². The topological polar surface area (TPSA) is 55.2 Å². The van der Waals surface area contributed by atoms with Crippen molar-refractivity contribution in [2.45, 2.75) is 26.6 Å². The van der Waals surface area contributed by atoms with Crippen LogP contribution in [0.15, 0.2) is 42.6 Å². The van der Waals surface area contributed by atoms with Crippen LogP contribution in [-0.4, -0.2) is 40.8 Å². The predicted molar refractivity (Wildman–Crippen MR) is 103 cm³/mol. The van der Waals surface area contributed by atoms with Crippen molar-refractivity contribution >= 4 is 16.9 Å². The van der Waals surface area contributed by atoms with Crippen LogP contribution in [0.25, 0.3) is 11.0 Å². The lowest BCUT2D eigenvalue weighted by molar-refractivity contribution is 0.122. The molecule has 0 unspecified atom stereocenters. The third-order valence-electron chi connectivity index (χ3n) is 4.81. The molecule has 1 aromatic carbocycles. The van der Waals surface area contributed by atoms with Gasteiger partial charge in [-0.05, 0) is 30.7 Å². The van der Waals surface area contributed by atoms with E-state index in [0.29, 0.717) is 0 Å². The zero-order valence-electron chi connectivity index (χ0n) is 15.2. The molecule has 1 aliphatic heterocycles. The number of para-hydroxylation sites is 2. The van der Waals surface area contributed by atoms with Crippen molar-refractivity contribution in [3.63, 3.8) is 0 Å². The molecule has 0 radical (unpaired) electrons. The normalized spacial score (nSPS) is 14.9. The highest BCUT2D eigenvalue weighted by molar-refractivity contribution is 5.75. The number of nitrogens with zero attached hydrogens (tertiary/aromatic N) is 4. The van der Waals surface area contributed by atoms with Gasteiger partial charge < -0.3 is 19.5 Å². The lowest BCUT2D eigenvalue weighted by Gasteiger charge is -2.27. The van der Waals surface area contributed by atoms with Crippen LogP contribution in [0.4, 0.5) is 5.82 Å². The number of hydrogen-bond acceptors (Lipinski definition) is 5. The third kappa shape index (κ3) is 3.57. The quantitative estimate of drug-likeness (QED) is 0.740. The predicted octanol–water partition coefficient (Wildman–Crippen LogP) is 2.58. The van der Waals surface area contributed by atoms with Gasteiger partial charge in [-0.3, -0.25) is 0 Å². The summed E-state index contributed by atoms with van der Waals surface area (Å²) < 4.78 is 7.66. The Labute approximate surface area is 153 Å². The van der Waals surface area contributed by atoms with Crippen LogP contribution >= 0.6 is 0 Å². The Hall–Kier alpha value is -2.44. The lowest BCUT2D eigenvalue weighted by Crippen LogP contribution is -2.36. The van der Waals surface area contributed by atoms with Crippen molar-refractivity contribution in [3.05, 3.63) is 54.0 Å². The average molecular weight is 351 g/mol. The molecule has 0 saturated carbocycles. The molecule has 0 bridgehead atoms. The van der Waals surface area contributed by atoms with Crippen LogP contribution in [0.5, 0.6) is 0 Å². The Balaban J connectivity index is 1.37. The smallest absolute Gasteiger partial charge is 0.128 e. The van der Waals surface area contributed by atoms with E-state index in [2.05, 4.69) is 57.0 Å². The van der Waals surface area contributed by atoms with Gasteiger partial charge in [-0.1, -0.05) is 18.2 Å². The molecule has 3 aromatic rings. The number of pyridine rings is 1. The van der Waals surface area contributed by atoms with Gasteiger partial charge in [-0.25, -0.2) is 9.97 Å². The number of benzene rings is 1. The summed E-state index contributed by atoms with van der Waals surface area (Å²) in [5.74, 6) is 2.11. The lowest BCUT2D eigenvalue weighted by atomic mass is 10.2. The Morgan fingerprint density at radius 1 is 1.08 bits per heavy atom. The van der Waals surface area contributed by atoms with Crippen molar-refractivity contribution in [2.24, 2.45) is 0 Å². The maximum absolute atomic E-state index is 5.39. The summed E-state index contributed by atoms with van der Waals surface area (Å²) in [4.78, 5) is 11.6. The summed E-state index contributed by atoms with van der Waals surface area (Å²) in [5, 5.41) is 3.50. The number of ether oxygens (including phenoxy) is 1. The van der Waals surface area contributed by atoms with Crippen LogP contribution < -0.4 is 10.2 Å². The molecule has 0 atom stereocenters. The third-order valence-corrected chi connectivity index (χ3v) is 4.81. The molecular weight excluding hydrogens is 326 g/mol. The molecule has 0 amide bonds. The summed E-state index contributed by atoms with van der Waals surface area (Å²) >= 11 is 0. The first-order valence-corrected chi connectivity index (χ1v) is 9.27. The van der Waals surface area contributed by atoms with Crippen LogP contribution in [0, 0.1) is 0 Å². The number of aromatic nitrogens is 3. The maximum Gasteiger partial charge on any atom is 0.128 e. The molecule has 4 rings (SSSR count). The van der Waals surface area contributed by atoms with E-state index >= 15 is 0 Å². The number of aryl methyl sites for hydroxylation is 1. The van der Waals surface area contributed by atoms with Crippen molar-refractivity contribution in [1.82, 2.24) is 19.9 Å². The second-order valence-electron chi connectivity index (χ2n) is 6.49. The molecule has 136 valence electrons. The summed E-state index contributed by atoms with van der Waals surface area (Å²) in [6.07, 6.45) is 1.96. The summed E-state index contributed by atoms with van der Waals surface area (Å²) in [5.41, 5.74) is 3.44. The summed E-state index contributed by atoms with van der Waals surface area (Å²) in [6.45, 7) is 8.00. The fourth-order valence-corrected chi connectivity index (χ4v) is 3.43. The van der Waals surface area contributed by atoms with Gasteiger partial charge in [0, 0.05) is 32.4 Å². The Kier molecular flexibility index (Phi) is 5.13. The summed E-state index contributed by atoms with van der Waals surface area (Å²) in [6, 6.07) is 12.5. The van der Waals surface area contributed by atoms with Crippen LogP contribution in [0.3, 0.4) is 0 Å². The Morgan fingerprint density at radius 3 is 2.69 bits per heavy atom. The first kappa shape index (κ1) is 17.0. The monoisotopic (exact) mass is 351 g/mol. The van der Waals surface area contributed by atoms with Gasteiger partial charge in [0.1, 0.15) is 11.6 Å². The van der Waals surface area contributed by atoms with Crippen molar-refractivity contribution in [1.29, 1.82) is 0 Å². The number of imidazole rings is 1. The van der Waals surface area contributed by atoms with Crippen LogP contribution in [0.1, 0.15) is 18.3 Å². The van der Waals surface area contributed by atoms with E-state index in [0.717, 1.165) is 63.1 Å². The molecule has 1 fully saturated rings. The van der Waals surface area contributed by atoms with E-state index in [9.17, 15) is 0 Å². The molecule has 0 spiro atoms. The van der Waals surface area contributed by atoms with Crippen molar-refractivity contribution in [3.8, 4) is 0 Å². The number of fused-ring (bicyclic) bond motifs is 1. The molecular formula is C20H25N5O. The van der Waals surface area contributed by atoms with Crippen LogP contribution in [0.2, 0.25) is 0 Å². The maximum atomic E-state index is 5.39. The molecule has 1 saturated heterocycles. The SMILES string of the molecule is CCn1c(CNCc2ccc(N3CCOCC3)nc2)nc2ccccc21. The molecule has 1 N–H and O–H groups in total.